The number of rotatable bonds is 6. The van der Waals surface area contributed by atoms with Crippen molar-refractivity contribution in [3.05, 3.63) is 41.3 Å². The van der Waals surface area contributed by atoms with Crippen LogP contribution >= 0.6 is 11.6 Å². The number of hydrogen-bond donors (Lipinski definition) is 1. The fourth-order valence-electron chi connectivity index (χ4n) is 2.24. The van der Waals surface area contributed by atoms with Crippen molar-refractivity contribution in [3.8, 4) is 5.75 Å². The quantitative estimate of drug-likeness (QED) is 0.668. The third-order valence-electron chi connectivity index (χ3n) is 3.55. The van der Waals surface area contributed by atoms with Gasteiger partial charge in [0.05, 0.1) is 17.7 Å². The van der Waals surface area contributed by atoms with Gasteiger partial charge in [0.25, 0.3) is 5.91 Å². The molecular weight excluding hydrogens is 438 g/mol. The maximum atomic E-state index is 13.1. The minimum absolute atomic E-state index is 0.0242. The van der Waals surface area contributed by atoms with E-state index in [2.05, 4.69) is 24.7 Å². The number of carbonyl (C=O) groups excluding carboxylic acids is 1. The van der Waals surface area contributed by atoms with Gasteiger partial charge in [-0.3, -0.25) is 9.53 Å². The van der Waals surface area contributed by atoms with Crippen LogP contribution in [0.5, 0.6) is 5.75 Å². The van der Waals surface area contributed by atoms with Crippen LogP contribution in [0.1, 0.15) is 18.7 Å². The van der Waals surface area contributed by atoms with E-state index < -0.39 is 18.8 Å². The zero-order chi connectivity index (χ0) is 22.0. The monoisotopic (exact) mass is 455 g/mol. The lowest BCUT2D eigenvalue weighted by atomic mass is 10.1. The Morgan fingerprint density at radius 1 is 1.37 bits per heavy atom. The molecule has 13 heteroatoms. The summed E-state index contributed by atoms with van der Waals surface area (Å²) in [4.78, 5) is 11.6. The van der Waals surface area contributed by atoms with E-state index in [9.17, 15) is 22.4 Å². The van der Waals surface area contributed by atoms with Gasteiger partial charge in [-0.1, -0.05) is 11.6 Å². The zero-order valence-corrected chi connectivity index (χ0v) is 16.2. The number of nitrogens with one attached hydrogen (secondary N) is 1. The van der Waals surface area contributed by atoms with Crippen LogP contribution < -0.4 is 10.1 Å². The van der Waals surface area contributed by atoms with Crippen LogP contribution in [-0.4, -0.2) is 48.3 Å². The van der Waals surface area contributed by atoms with Crippen LogP contribution in [0.4, 0.5) is 17.6 Å². The van der Waals surface area contributed by atoms with E-state index in [1.807, 2.05) is 0 Å². The van der Waals surface area contributed by atoms with Crippen LogP contribution in [0.2, 0.25) is 5.02 Å². The molecule has 2 aromatic rings. The first-order valence-corrected chi connectivity index (χ1v) is 9.01. The number of aromatic nitrogens is 2. The van der Waals surface area contributed by atoms with Gasteiger partial charge in [0.2, 0.25) is 12.3 Å². The second-order valence-electron chi connectivity index (χ2n) is 5.91. The molecule has 1 aliphatic heterocycles. The number of carbonyl (C=O) groups is 1. The molecule has 0 saturated carbocycles. The van der Waals surface area contributed by atoms with E-state index in [0.717, 1.165) is 31.9 Å². The third kappa shape index (κ3) is 9.37. The number of nitrogens with zero attached hydrogens (tertiary/aromatic N) is 2. The van der Waals surface area contributed by atoms with Gasteiger partial charge in [0.1, 0.15) is 18.2 Å². The lowest BCUT2D eigenvalue weighted by molar-refractivity contribution is -0.332. The molecule has 0 radical (unpaired) electrons. The van der Waals surface area contributed by atoms with Gasteiger partial charge in [0, 0.05) is 12.7 Å². The van der Waals surface area contributed by atoms with E-state index in [0.29, 0.717) is 6.61 Å². The highest BCUT2D eigenvalue weighted by Crippen LogP contribution is 2.20. The first-order valence-electron chi connectivity index (χ1n) is 8.63. The molecule has 2 heterocycles. The topological polar surface area (TPSA) is 95.7 Å². The van der Waals surface area contributed by atoms with Gasteiger partial charge in [0.15, 0.2) is 6.61 Å². The van der Waals surface area contributed by atoms with Crippen LogP contribution in [0.15, 0.2) is 29.0 Å². The van der Waals surface area contributed by atoms with Gasteiger partial charge in [-0.25, -0.2) is 4.39 Å². The first-order chi connectivity index (χ1) is 14.2. The standard InChI is InChI=1S/C13H15ClFNO3.C4H3F3N2O2/c14-11-4-3-10(6-12(11)15)19-8-13(17)16-9-2-1-5-18-7-9;5-4(6,7)11-1-3-9-8-2-10-3/h3-4,6,9H,1-2,5,7-8H2,(H,16,17);2H,1H2. The summed E-state index contributed by atoms with van der Waals surface area (Å²) in [5.41, 5.74) is 0. The van der Waals surface area contributed by atoms with Crippen LogP contribution in [0.25, 0.3) is 0 Å². The number of hydrogen-bond acceptors (Lipinski definition) is 7. The Hall–Kier alpha value is -2.44. The summed E-state index contributed by atoms with van der Waals surface area (Å²) in [6.45, 7) is 0.370. The average Bonchev–Trinajstić information content (AvgIpc) is 3.22. The zero-order valence-electron chi connectivity index (χ0n) is 15.5. The molecular formula is C17H18ClF4N3O5. The molecule has 3 rings (SSSR count). The van der Waals surface area contributed by atoms with E-state index in [1.54, 1.807) is 0 Å². The SMILES string of the molecule is FC(F)(F)OCc1nnco1.O=C(COc1ccc(Cl)c(F)c1)NC1CCCOC1. The fourth-order valence-corrected chi connectivity index (χ4v) is 2.36. The lowest BCUT2D eigenvalue weighted by Gasteiger charge is -2.23. The summed E-state index contributed by atoms with van der Waals surface area (Å²) >= 11 is 5.55. The molecule has 8 nitrogen and oxygen atoms in total. The second-order valence-corrected chi connectivity index (χ2v) is 6.32. The Morgan fingerprint density at radius 3 is 2.77 bits per heavy atom. The van der Waals surface area contributed by atoms with E-state index in [1.165, 1.54) is 12.1 Å². The molecule has 30 heavy (non-hydrogen) atoms. The van der Waals surface area contributed by atoms with E-state index in [-0.39, 0.29) is 35.2 Å². The fraction of sp³-hybridized carbons (Fsp3) is 0.471. The van der Waals surface area contributed by atoms with E-state index in [4.69, 9.17) is 21.1 Å². The minimum atomic E-state index is -4.66. The Kier molecular flexibility index (Phi) is 9.27. The van der Waals surface area contributed by atoms with Crippen molar-refractivity contribution >= 4 is 17.5 Å². The summed E-state index contributed by atoms with van der Waals surface area (Å²) in [5.74, 6) is -0.745. The molecule has 1 atom stereocenters. The number of alkyl halides is 3. The van der Waals surface area contributed by atoms with Crippen molar-refractivity contribution in [1.29, 1.82) is 0 Å². The molecule has 1 saturated heterocycles. The molecule has 0 spiro atoms. The third-order valence-corrected chi connectivity index (χ3v) is 3.86. The molecule has 0 aliphatic carbocycles. The summed E-state index contributed by atoms with van der Waals surface area (Å²) in [6, 6.07) is 4.09. The highest BCUT2D eigenvalue weighted by molar-refractivity contribution is 6.30. The predicted molar refractivity (Wildman–Crippen MR) is 94.0 cm³/mol. The van der Waals surface area contributed by atoms with Gasteiger partial charge >= 0.3 is 6.36 Å². The Morgan fingerprint density at radius 2 is 2.17 bits per heavy atom. The normalized spacial score (nSPS) is 16.4. The maximum Gasteiger partial charge on any atom is 0.523 e. The number of halogens is 5. The number of ether oxygens (including phenoxy) is 3. The van der Waals surface area contributed by atoms with Crippen LogP contribution in [0.3, 0.4) is 0 Å². The van der Waals surface area contributed by atoms with Gasteiger partial charge in [-0.2, -0.15) is 0 Å². The smallest absolute Gasteiger partial charge is 0.484 e. The Bertz CT molecular complexity index is 786. The maximum absolute atomic E-state index is 13.1. The molecule has 0 bridgehead atoms. The largest absolute Gasteiger partial charge is 0.523 e. The Labute approximate surface area is 173 Å². The molecule has 1 amide bonds. The Balaban J connectivity index is 0.000000248. The van der Waals surface area contributed by atoms with Crippen LogP contribution in [0, 0.1) is 5.82 Å². The highest BCUT2D eigenvalue weighted by atomic mass is 35.5. The second kappa shape index (κ2) is 11.7. The summed E-state index contributed by atoms with van der Waals surface area (Å²) < 4.78 is 65.4. The molecule has 1 aromatic carbocycles. The molecule has 166 valence electrons. The van der Waals surface area contributed by atoms with Crippen molar-refractivity contribution in [1.82, 2.24) is 15.5 Å². The molecule has 1 N–H and O–H groups in total. The first kappa shape index (κ1) is 23.8. The number of amides is 1. The number of benzene rings is 1. The summed E-state index contributed by atoms with van der Waals surface area (Å²) in [6.07, 6.45) is -1.89. The summed E-state index contributed by atoms with van der Waals surface area (Å²) in [7, 11) is 0. The van der Waals surface area contributed by atoms with Crippen molar-refractivity contribution in [2.75, 3.05) is 19.8 Å². The molecule has 1 unspecified atom stereocenters. The molecule has 1 fully saturated rings. The van der Waals surface area contributed by atoms with E-state index >= 15 is 0 Å². The summed E-state index contributed by atoms with van der Waals surface area (Å²) in [5, 5.41) is 9.17. The van der Waals surface area contributed by atoms with Gasteiger partial charge < -0.3 is 19.2 Å². The van der Waals surface area contributed by atoms with Crippen molar-refractivity contribution < 1.29 is 41.0 Å². The average molecular weight is 456 g/mol. The van der Waals surface area contributed by atoms with Gasteiger partial charge in [-0.15, -0.1) is 23.4 Å². The van der Waals surface area contributed by atoms with Crippen LogP contribution in [-0.2, 0) is 20.9 Å². The highest BCUT2D eigenvalue weighted by Gasteiger charge is 2.29. The van der Waals surface area contributed by atoms with Crippen molar-refractivity contribution in [3.63, 3.8) is 0 Å². The lowest BCUT2D eigenvalue weighted by Crippen LogP contribution is -2.42. The molecule has 1 aliphatic rings. The minimum Gasteiger partial charge on any atom is -0.484 e. The van der Waals surface area contributed by atoms with Gasteiger partial charge in [-0.05, 0) is 25.0 Å². The molecule has 1 aromatic heterocycles. The van der Waals surface area contributed by atoms with Crippen molar-refractivity contribution in [2.45, 2.75) is 31.9 Å². The van der Waals surface area contributed by atoms with Crippen molar-refractivity contribution in [2.24, 2.45) is 0 Å². The predicted octanol–water partition coefficient (Wildman–Crippen LogP) is 3.26.